The van der Waals surface area contributed by atoms with Gasteiger partial charge in [0.05, 0.1) is 23.7 Å². The summed E-state index contributed by atoms with van der Waals surface area (Å²) in [5.74, 6) is 0.412. The van der Waals surface area contributed by atoms with Gasteiger partial charge in [0.15, 0.2) is 5.16 Å². The Kier molecular flexibility index (Phi) is 6.24. The second-order valence-electron chi connectivity index (χ2n) is 6.71. The molecule has 28 heavy (non-hydrogen) atoms. The number of hydrogen-bond acceptors (Lipinski definition) is 6. The predicted octanol–water partition coefficient (Wildman–Crippen LogP) is 3.97. The van der Waals surface area contributed by atoms with Crippen LogP contribution in [0, 0.1) is 6.92 Å². The number of fused-ring (bicyclic) bond motifs is 1. The standard InChI is InChI=1S/C21H25N3O3S/c1-5-11-28-21-23-18-17(19(25)24-21)16(14-9-7-12(3)8-10-14)15(13(4)22-18)20(26)27-6-2/h7-10,16H,5-6,11H2,1-4H3,(H2,22,23,24,25)/t16-/m1/s1. The minimum atomic E-state index is -0.530. The number of aromatic nitrogens is 2. The molecule has 0 unspecified atom stereocenters. The smallest absolute Gasteiger partial charge is 0.336 e. The van der Waals surface area contributed by atoms with Gasteiger partial charge in [-0.25, -0.2) is 9.78 Å². The van der Waals surface area contributed by atoms with Gasteiger partial charge in [0.2, 0.25) is 0 Å². The van der Waals surface area contributed by atoms with E-state index in [-0.39, 0.29) is 12.2 Å². The van der Waals surface area contributed by atoms with Gasteiger partial charge in [-0.15, -0.1) is 0 Å². The summed E-state index contributed by atoms with van der Waals surface area (Å²) in [5.41, 5.74) is 3.27. The van der Waals surface area contributed by atoms with Crippen molar-refractivity contribution >= 4 is 23.5 Å². The van der Waals surface area contributed by atoms with Crippen molar-refractivity contribution in [3.63, 3.8) is 0 Å². The van der Waals surface area contributed by atoms with Crippen LogP contribution in [-0.2, 0) is 9.53 Å². The van der Waals surface area contributed by atoms with Gasteiger partial charge in [0.25, 0.3) is 5.56 Å². The van der Waals surface area contributed by atoms with E-state index in [9.17, 15) is 9.59 Å². The van der Waals surface area contributed by atoms with E-state index in [0.717, 1.165) is 23.3 Å². The van der Waals surface area contributed by atoms with Crippen LogP contribution in [0.15, 0.2) is 45.5 Å². The number of aromatic amines is 1. The lowest BCUT2D eigenvalue weighted by molar-refractivity contribution is -0.138. The summed E-state index contributed by atoms with van der Waals surface area (Å²) < 4.78 is 5.29. The normalized spacial score (nSPS) is 15.8. The zero-order valence-electron chi connectivity index (χ0n) is 16.6. The molecule has 0 amide bonds. The average Bonchev–Trinajstić information content (AvgIpc) is 2.66. The highest BCUT2D eigenvalue weighted by molar-refractivity contribution is 7.99. The van der Waals surface area contributed by atoms with E-state index >= 15 is 0 Å². The number of carbonyl (C=O) groups excluding carboxylic acids is 1. The van der Waals surface area contributed by atoms with E-state index in [1.54, 1.807) is 6.92 Å². The molecule has 148 valence electrons. The molecule has 1 atom stereocenters. The maximum Gasteiger partial charge on any atom is 0.336 e. The molecule has 0 aliphatic carbocycles. The third-order valence-corrected chi connectivity index (χ3v) is 5.65. The topological polar surface area (TPSA) is 84.1 Å². The fraction of sp³-hybridized carbons (Fsp3) is 0.381. The van der Waals surface area contributed by atoms with Gasteiger partial charge < -0.3 is 15.0 Å². The van der Waals surface area contributed by atoms with Gasteiger partial charge in [-0.3, -0.25) is 4.79 Å². The van der Waals surface area contributed by atoms with Crippen LogP contribution in [0.25, 0.3) is 0 Å². The number of nitrogens with one attached hydrogen (secondary N) is 2. The number of H-pyrrole nitrogens is 1. The van der Waals surface area contributed by atoms with Crippen LogP contribution in [0.5, 0.6) is 0 Å². The second kappa shape index (κ2) is 8.65. The first-order chi connectivity index (χ1) is 13.5. The number of ether oxygens (including phenoxy) is 1. The lowest BCUT2D eigenvalue weighted by Crippen LogP contribution is -2.31. The molecule has 0 fully saturated rings. The third-order valence-electron chi connectivity index (χ3n) is 4.57. The van der Waals surface area contributed by atoms with Gasteiger partial charge in [0, 0.05) is 11.4 Å². The lowest BCUT2D eigenvalue weighted by Gasteiger charge is -2.28. The number of carbonyl (C=O) groups is 1. The zero-order chi connectivity index (χ0) is 20.3. The Morgan fingerprint density at radius 2 is 1.93 bits per heavy atom. The first-order valence-electron chi connectivity index (χ1n) is 9.44. The van der Waals surface area contributed by atoms with E-state index in [1.165, 1.54) is 11.8 Å². The van der Waals surface area contributed by atoms with Crippen molar-refractivity contribution in [2.45, 2.75) is 45.2 Å². The predicted molar refractivity (Wildman–Crippen MR) is 112 cm³/mol. The Morgan fingerprint density at radius 1 is 1.21 bits per heavy atom. The maximum atomic E-state index is 13.0. The van der Waals surface area contributed by atoms with Crippen molar-refractivity contribution < 1.29 is 9.53 Å². The zero-order valence-corrected chi connectivity index (χ0v) is 17.4. The maximum absolute atomic E-state index is 13.0. The number of rotatable bonds is 6. The van der Waals surface area contributed by atoms with E-state index < -0.39 is 11.9 Å². The van der Waals surface area contributed by atoms with E-state index in [4.69, 9.17) is 4.74 Å². The molecular weight excluding hydrogens is 374 g/mol. The molecule has 2 N–H and O–H groups in total. The summed E-state index contributed by atoms with van der Waals surface area (Å²) in [6.07, 6.45) is 0.983. The van der Waals surface area contributed by atoms with Gasteiger partial charge in [0.1, 0.15) is 5.82 Å². The number of benzene rings is 1. The van der Waals surface area contributed by atoms with E-state index in [0.29, 0.717) is 27.8 Å². The van der Waals surface area contributed by atoms with Crippen LogP contribution >= 0.6 is 11.8 Å². The van der Waals surface area contributed by atoms with Crippen molar-refractivity contribution in [1.82, 2.24) is 9.97 Å². The third kappa shape index (κ3) is 3.99. The van der Waals surface area contributed by atoms with Crippen LogP contribution < -0.4 is 10.9 Å². The van der Waals surface area contributed by atoms with E-state index in [1.807, 2.05) is 38.1 Å². The summed E-state index contributed by atoms with van der Waals surface area (Å²) in [4.78, 5) is 33.2. The van der Waals surface area contributed by atoms with Crippen LogP contribution in [0.1, 0.15) is 49.8 Å². The van der Waals surface area contributed by atoms with E-state index in [2.05, 4.69) is 22.2 Å². The summed E-state index contributed by atoms with van der Waals surface area (Å²) >= 11 is 1.51. The number of nitrogens with zero attached hydrogens (tertiary/aromatic N) is 1. The van der Waals surface area contributed by atoms with Crippen LogP contribution in [0.3, 0.4) is 0 Å². The molecule has 7 heteroatoms. The molecule has 1 aromatic carbocycles. The monoisotopic (exact) mass is 399 g/mol. The molecule has 0 saturated carbocycles. The SMILES string of the molecule is CCCSc1nc2c(c(=O)[nH]1)[C@H](c1ccc(C)cc1)C(C(=O)OCC)=C(C)N2. The Hall–Kier alpha value is -2.54. The highest BCUT2D eigenvalue weighted by atomic mass is 32.2. The average molecular weight is 400 g/mol. The summed E-state index contributed by atoms with van der Waals surface area (Å²) in [5, 5.41) is 3.73. The highest BCUT2D eigenvalue weighted by Gasteiger charge is 2.36. The van der Waals surface area contributed by atoms with Crippen molar-refractivity contribution in [3.8, 4) is 0 Å². The molecule has 3 rings (SSSR count). The number of esters is 1. The quantitative estimate of drug-likeness (QED) is 0.434. The number of anilines is 1. The Morgan fingerprint density at radius 3 is 2.57 bits per heavy atom. The second-order valence-corrected chi connectivity index (χ2v) is 7.79. The molecule has 0 radical (unpaired) electrons. The van der Waals surface area contributed by atoms with Crippen LogP contribution in [0.4, 0.5) is 5.82 Å². The molecule has 1 aliphatic rings. The van der Waals surface area contributed by atoms with Gasteiger partial charge in [-0.2, -0.15) is 0 Å². The fourth-order valence-corrected chi connectivity index (χ4v) is 3.99. The molecule has 0 bridgehead atoms. The largest absolute Gasteiger partial charge is 0.463 e. The highest BCUT2D eigenvalue weighted by Crippen LogP contribution is 2.40. The van der Waals surface area contributed by atoms with Gasteiger partial charge >= 0.3 is 5.97 Å². The van der Waals surface area contributed by atoms with Crippen molar-refractivity contribution in [2.75, 3.05) is 17.7 Å². The number of allylic oxidation sites excluding steroid dienone is 1. The number of aryl methyl sites for hydroxylation is 1. The first-order valence-corrected chi connectivity index (χ1v) is 10.4. The first kappa shape index (κ1) is 20.2. The van der Waals surface area contributed by atoms with Crippen molar-refractivity contribution in [2.24, 2.45) is 0 Å². The molecular formula is C21H25N3O3S. The minimum absolute atomic E-state index is 0.240. The van der Waals surface area contributed by atoms with Crippen molar-refractivity contribution in [1.29, 1.82) is 0 Å². The van der Waals surface area contributed by atoms with Gasteiger partial charge in [-0.05, 0) is 32.8 Å². The number of thioether (sulfide) groups is 1. The molecule has 2 aromatic rings. The lowest BCUT2D eigenvalue weighted by atomic mass is 9.82. The summed E-state index contributed by atoms with van der Waals surface area (Å²) in [7, 11) is 0. The fourth-order valence-electron chi connectivity index (χ4n) is 3.27. The van der Waals surface area contributed by atoms with Crippen LogP contribution in [-0.4, -0.2) is 28.3 Å². The molecule has 0 saturated heterocycles. The molecule has 6 nitrogen and oxygen atoms in total. The number of hydrogen-bond donors (Lipinski definition) is 2. The molecule has 1 aliphatic heterocycles. The summed E-state index contributed by atoms with van der Waals surface area (Å²) in [6.45, 7) is 7.93. The Bertz CT molecular complexity index is 964. The van der Waals surface area contributed by atoms with Crippen LogP contribution in [0.2, 0.25) is 0 Å². The van der Waals surface area contributed by atoms with Crippen molar-refractivity contribution in [3.05, 3.63) is 62.6 Å². The Labute approximate surface area is 168 Å². The molecule has 2 heterocycles. The van der Waals surface area contributed by atoms with Gasteiger partial charge in [-0.1, -0.05) is 48.5 Å². The Balaban J connectivity index is 2.18. The molecule has 1 aromatic heterocycles. The molecule has 0 spiro atoms. The minimum Gasteiger partial charge on any atom is -0.463 e. The summed E-state index contributed by atoms with van der Waals surface area (Å²) in [6, 6.07) is 7.84.